The molecule has 1 fully saturated rings. The van der Waals surface area contributed by atoms with Crippen LogP contribution in [-0.2, 0) is 32.6 Å². The summed E-state index contributed by atoms with van der Waals surface area (Å²) in [6.07, 6.45) is -2.98. The Morgan fingerprint density at radius 2 is 1.61 bits per heavy atom. The lowest BCUT2D eigenvalue weighted by molar-refractivity contribution is -0.132. The molecule has 0 aliphatic carbocycles. The van der Waals surface area contributed by atoms with Crippen LogP contribution in [0.4, 0.5) is 19.3 Å². The highest BCUT2D eigenvalue weighted by atomic mass is 32.2. The summed E-state index contributed by atoms with van der Waals surface area (Å²) < 4.78 is 59.0. The number of nitrogens with zero attached hydrogens (tertiary/aromatic N) is 2. The molecule has 38 heavy (non-hydrogen) atoms. The molecule has 12 heteroatoms. The van der Waals surface area contributed by atoms with Gasteiger partial charge in [-0.25, -0.2) is 18.6 Å². The van der Waals surface area contributed by atoms with Gasteiger partial charge in [-0.2, -0.15) is 8.78 Å². The predicted octanol–water partition coefficient (Wildman–Crippen LogP) is 3.81. The van der Waals surface area contributed by atoms with Crippen LogP contribution in [0.1, 0.15) is 44.7 Å². The lowest BCUT2D eigenvalue weighted by Crippen LogP contribution is -2.48. The number of halogens is 2. The molecule has 0 aromatic heterocycles. The number of anilines is 1. The molecule has 1 aliphatic heterocycles. The molecule has 1 saturated heterocycles. The van der Waals surface area contributed by atoms with E-state index in [9.17, 15) is 26.8 Å². The number of amides is 2. The maximum Gasteiger partial charge on any atom is 0.410 e. The van der Waals surface area contributed by atoms with Gasteiger partial charge in [0.1, 0.15) is 5.60 Å². The Bertz CT molecular complexity index is 1180. The number of para-hydroxylation sites is 1. The molecule has 3 rings (SSSR count). The van der Waals surface area contributed by atoms with E-state index in [0.29, 0.717) is 24.1 Å². The summed E-state index contributed by atoms with van der Waals surface area (Å²) in [7, 11) is -3.78. The molecule has 2 amide bonds. The number of rotatable bonds is 9. The maximum atomic E-state index is 13.8. The van der Waals surface area contributed by atoms with Crippen molar-refractivity contribution in [1.82, 2.24) is 15.8 Å². The normalized spacial score (nSPS) is 14.8. The number of sulfonamides is 1. The molecule has 0 bridgehead atoms. The van der Waals surface area contributed by atoms with Crippen LogP contribution in [0.5, 0.6) is 0 Å². The second kappa shape index (κ2) is 12.5. The van der Waals surface area contributed by atoms with Crippen LogP contribution in [0.2, 0.25) is 0 Å². The minimum atomic E-state index is -3.78. The monoisotopic (exact) mass is 552 g/mol. The number of likely N-dealkylation sites (tertiary alicyclic amines) is 1. The van der Waals surface area contributed by atoms with Crippen molar-refractivity contribution in [2.45, 2.75) is 64.0 Å². The molecule has 2 N–H and O–H groups in total. The average molecular weight is 553 g/mol. The molecule has 0 atom stereocenters. The fourth-order valence-electron chi connectivity index (χ4n) is 3.98. The van der Waals surface area contributed by atoms with Gasteiger partial charge in [0.05, 0.1) is 17.5 Å². The van der Waals surface area contributed by atoms with E-state index in [1.807, 2.05) is 11.5 Å². The quantitative estimate of drug-likeness (QED) is 0.458. The van der Waals surface area contributed by atoms with Crippen molar-refractivity contribution in [3.05, 3.63) is 65.7 Å². The van der Waals surface area contributed by atoms with Gasteiger partial charge in [0, 0.05) is 19.6 Å². The molecular weight excluding hydrogens is 518 g/mol. The number of carbonyl (C=O) groups is 2. The molecule has 9 nitrogen and oxygen atoms in total. The van der Waals surface area contributed by atoms with Gasteiger partial charge in [0.25, 0.3) is 0 Å². The third kappa shape index (κ3) is 8.12. The topological polar surface area (TPSA) is 108 Å². The van der Waals surface area contributed by atoms with E-state index in [1.165, 1.54) is 4.31 Å². The van der Waals surface area contributed by atoms with E-state index in [0.717, 1.165) is 5.56 Å². The van der Waals surface area contributed by atoms with Gasteiger partial charge in [-0.1, -0.05) is 42.5 Å². The van der Waals surface area contributed by atoms with Crippen LogP contribution in [0.3, 0.4) is 0 Å². The third-order valence-corrected chi connectivity index (χ3v) is 8.19. The van der Waals surface area contributed by atoms with Crippen molar-refractivity contribution < 1.29 is 31.5 Å². The van der Waals surface area contributed by atoms with Gasteiger partial charge in [0.15, 0.2) is 0 Å². The van der Waals surface area contributed by atoms with E-state index in [2.05, 4.69) is 5.43 Å². The third-order valence-electron chi connectivity index (χ3n) is 5.92. The van der Waals surface area contributed by atoms with Crippen LogP contribution < -0.4 is 15.2 Å². The standard InChI is InChI=1S/C26H34F2N4O5S/c1-26(2,3)37-25(34)31-15-13-22(14-16-31)38(35,36)32(21-7-5-4-6-8-21)18-20-11-9-19(10-12-20)17-29-30-24(33)23(27)28/h4-12,22-23,29H,13-18H2,1-3H3,(H,30,33). The first-order valence-electron chi connectivity index (χ1n) is 12.3. The Kier molecular flexibility index (Phi) is 9.66. The number of hydrazine groups is 1. The van der Waals surface area contributed by atoms with Crippen molar-refractivity contribution in [2.24, 2.45) is 0 Å². The van der Waals surface area contributed by atoms with Gasteiger partial charge in [0.2, 0.25) is 10.0 Å². The minimum absolute atomic E-state index is 0.0917. The van der Waals surface area contributed by atoms with Crippen LogP contribution in [0, 0.1) is 0 Å². The summed E-state index contributed by atoms with van der Waals surface area (Å²) in [6, 6.07) is 15.8. The predicted molar refractivity (Wildman–Crippen MR) is 140 cm³/mol. The lowest BCUT2D eigenvalue weighted by atomic mass is 10.1. The maximum absolute atomic E-state index is 13.8. The number of nitrogens with one attached hydrogen (secondary N) is 2. The zero-order valence-corrected chi connectivity index (χ0v) is 22.5. The molecular formula is C26H34F2N4O5S. The van der Waals surface area contributed by atoms with Gasteiger partial charge in [-0.05, 0) is 56.9 Å². The number of hydrogen-bond donors (Lipinski definition) is 2. The number of ether oxygens (including phenoxy) is 1. The first-order chi connectivity index (χ1) is 17.9. The Morgan fingerprint density at radius 1 is 1.03 bits per heavy atom. The molecule has 1 aliphatic rings. The zero-order chi connectivity index (χ0) is 27.9. The number of alkyl halides is 2. The molecule has 2 aromatic rings. The highest BCUT2D eigenvalue weighted by molar-refractivity contribution is 7.93. The largest absolute Gasteiger partial charge is 0.444 e. The molecule has 2 aromatic carbocycles. The van der Waals surface area contributed by atoms with Crippen LogP contribution in [0.25, 0.3) is 0 Å². The Balaban J connectivity index is 1.70. The fraction of sp³-hybridized carbons (Fsp3) is 0.462. The summed E-state index contributed by atoms with van der Waals surface area (Å²) in [4.78, 5) is 24.9. The molecule has 208 valence electrons. The Hall–Kier alpha value is -3.25. The summed E-state index contributed by atoms with van der Waals surface area (Å²) in [5.41, 5.74) is 5.70. The summed E-state index contributed by atoms with van der Waals surface area (Å²) in [5, 5.41) is -0.664. The second-order valence-corrected chi connectivity index (χ2v) is 12.2. The Morgan fingerprint density at radius 3 is 2.16 bits per heavy atom. The van der Waals surface area contributed by atoms with Gasteiger partial charge in [-0.15, -0.1) is 0 Å². The SMILES string of the molecule is CC(C)(C)OC(=O)N1CCC(S(=O)(=O)N(Cc2ccc(CNNC(=O)C(F)F)cc2)c2ccccc2)CC1. The number of carbonyl (C=O) groups excluding carboxylic acids is 2. The molecule has 0 radical (unpaired) electrons. The van der Waals surface area contributed by atoms with Crippen LogP contribution in [0.15, 0.2) is 54.6 Å². The molecule has 0 saturated carbocycles. The molecule has 1 heterocycles. The van der Waals surface area contributed by atoms with E-state index in [1.54, 1.807) is 74.2 Å². The van der Waals surface area contributed by atoms with Crippen LogP contribution in [-0.4, -0.2) is 55.7 Å². The van der Waals surface area contributed by atoms with Crippen molar-refractivity contribution in [3.63, 3.8) is 0 Å². The van der Waals surface area contributed by atoms with Gasteiger partial charge >= 0.3 is 18.4 Å². The van der Waals surface area contributed by atoms with E-state index in [-0.39, 0.29) is 26.2 Å². The molecule has 0 spiro atoms. The van der Waals surface area contributed by atoms with Crippen molar-refractivity contribution in [1.29, 1.82) is 0 Å². The minimum Gasteiger partial charge on any atom is -0.444 e. The van der Waals surface area contributed by atoms with Crippen molar-refractivity contribution in [3.8, 4) is 0 Å². The van der Waals surface area contributed by atoms with Gasteiger partial charge < -0.3 is 9.64 Å². The van der Waals surface area contributed by atoms with Gasteiger partial charge in [-0.3, -0.25) is 14.5 Å². The lowest BCUT2D eigenvalue weighted by Gasteiger charge is -2.36. The Labute approximate surface area is 222 Å². The van der Waals surface area contributed by atoms with Crippen molar-refractivity contribution in [2.75, 3.05) is 17.4 Å². The fourth-order valence-corrected chi connectivity index (χ4v) is 5.89. The summed E-state index contributed by atoms with van der Waals surface area (Å²) in [6.45, 7) is 6.14. The van der Waals surface area contributed by atoms with E-state index in [4.69, 9.17) is 4.74 Å². The van der Waals surface area contributed by atoms with E-state index >= 15 is 0 Å². The average Bonchev–Trinajstić information content (AvgIpc) is 2.87. The molecule has 0 unspecified atom stereocenters. The first kappa shape index (κ1) is 29.3. The number of benzene rings is 2. The summed E-state index contributed by atoms with van der Waals surface area (Å²) in [5.74, 6) is -1.41. The second-order valence-electron chi connectivity index (χ2n) is 10.0. The summed E-state index contributed by atoms with van der Waals surface area (Å²) >= 11 is 0. The van der Waals surface area contributed by atoms with Crippen molar-refractivity contribution >= 4 is 27.7 Å². The number of hydrogen-bond acceptors (Lipinski definition) is 6. The smallest absolute Gasteiger partial charge is 0.410 e. The highest BCUT2D eigenvalue weighted by Gasteiger charge is 2.37. The van der Waals surface area contributed by atoms with E-state index < -0.39 is 39.3 Å². The first-order valence-corrected chi connectivity index (χ1v) is 13.8. The zero-order valence-electron chi connectivity index (χ0n) is 21.7. The number of piperidine rings is 1. The van der Waals surface area contributed by atoms with Crippen LogP contribution >= 0.6 is 0 Å². The highest BCUT2D eigenvalue weighted by Crippen LogP contribution is 2.28.